The number of rotatable bonds is 3. The zero-order chi connectivity index (χ0) is 10.5. The van der Waals surface area contributed by atoms with Crippen molar-refractivity contribution in [2.24, 2.45) is 0 Å². The molecule has 4 nitrogen and oxygen atoms in total. The average Bonchev–Trinajstić information content (AvgIpc) is 2.31. The first kappa shape index (κ1) is 10.9. The molecule has 2 rings (SSSR count). The van der Waals surface area contributed by atoms with Gasteiger partial charge in [-0.1, -0.05) is 11.8 Å². The summed E-state index contributed by atoms with van der Waals surface area (Å²) in [6.07, 6.45) is 6.28. The largest absolute Gasteiger partial charge is 0.380 e. The van der Waals surface area contributed by atoms with Crippen LogP contribution in [0.3, 0.4) is 0 Å². The Hall–Kier alpha value is -0.650. The first-order chi connectivity index (χ1) is 7.40. The van der Waals surface area contributed by atoms with Gasteiger partial charge in [0.05, 0.1) is 12.8 Å². The summed E-state index contributed by atoms with van der Waals surface area (Å²) in [5.41, 5.74) is 0. The zero-order valence-electron chi connectivity index (χ0n) is 8.72. The molecule has 2 heterocycles. The number of nitrogens with zero attached hydrogens (tertiary/aromatic N) is 2. The van der Waals surface area contributed by atoms with Gasteiger partial charge >= 0.3 is 0 Å². The van der Waals surface area contributed by atoms with Crippen molar-refractivity contribution in [3.8, 4) is 0 Å². The molecule has 2 atom stereocenters. The molecule has 0 saturated carbocycles. The highest BCUT2D eigenvalue weighted by molar-refractivity contribution is 7.99. The molecule has 0 radical (unpaired) electrons. The molecule has 0 aliphatic carbocycles. The highest BCUT2D eigenvalue weighted by atomic mass is 32.2. The minimum absolute atomic E-state index is 0.431. The van der Waals surface area contributed by atoms with E-state index >= 15 is 0 Å². The van der Waals surface area contributed by atoms with Crippen LogP contribution in [0.2, 0.25) is 0 Å². The Morgan fingerprint density at radius 1 is 1.53 bits per heavy atom. The predicted octanol–water partition coefficient (Wildman–Crippen LogP) is 0.946. The Bertz CT molecular complexity index is 296. The van der Waals surface area contributed by atoms with Gasteiger partial charge < -0.3 is 10.1 Å². The Balaban J connectivity index is 1.97. The highest BCUT2D eigenvalue weighted by Crippen LogP contribution is 2.26. The lowest BCUT2D eigenvalue weighted by Gasteiger charge is -2.30. The number of thioether (sulfide) groups is 1. The third-order valence-electron chi connectivity index (χ3n) is 2.49. The quantitative estimate of drug-likeness (QED) is 0.829. The first-order valence-corrected chi connectivity index (χ1v) is 5.96. The zero-order valence-corrected chi connectivity index (χ0v) is 9.54. The van der Waals surface area contributed by atoms with Crippen LogP contribution in [0, 0.1) is 0 Å². The molecule has 0 bridgehead atoms. The molecule has 5 heteroatoms. The molecule has 1 aromatic rings. The molecular weight excluding hydrogens is 210 g/mol. The van der Waals surface area contributed by atoms with Crippen molar-refractivity contribution in [3.63, 3.8) is 0 Å². The van der Waals surface area contributed by atoms with E-state index in [2.05, 4.69) is 15.3 Å². The number of ether oxygens (including phenoxy) is 1. The third-order valence-corrected chi connectivity index (χ3v) is 3.71. The number of hydrogen-bond donors (Lipinski definition) is 1. The van der Waals surface area contributed by atoms with E-state index in [0.717, 1.165) is 24.7 Å². The van der Waals surface area contributed by atoms with E-state index in [4.69, 9.17) is 4.74 Å². The van der Waals surface area contributed by atoms with Crippen LogP contribution in [-0.2, 0) is 4.74 Å². The third kappa shape index (κ3) is 2.90. The van der Waals surface area contributed by atoms with E-state index < -0.39 is 0 Å². The summed E-state index contributed by atoms with van der Waals surface area (Å²) in [5, 5.41) is 4.72. The van der Waals surface area contributed by atoms with E-state index in [9.17, 15) is 0 Å². The molecular formula is C10H15N3OS. The van der Waals surface area contributed by atoms with Crippen LogP contribution in [0.1, 0.15) is 6.42 Å². The Morgan fingerprint density at radius 3 is 3.20 bits per heavy atom. The van der Waals surface area contributed by atoms with Gasteiger partial charge in [-0.3, -0.25) is 4.98 Å². The summed E-state index contributed by atoms with van der Waals surface area (Å²) in [4.78, 5) is 8.32. The van der Waals surface area contributed by atoms with Gasteiger partial charge in [0.1, 0.15) is 5.03 Å². The van der Waals surface area contributed by atoms with Crippen molar-refractivity contribution >= 4 is 11.8 Å². The lowest BCUT2D eigenvalue weighted by molar-refractivity contribution is 0.0850. The number of hydrogen-bond acceptors (Lipinski definition) is 5. The second kappa shape index (κ2) is 5.44. The maximum atomic E-state index is 5.48. The molecule has 1 N–H and O–H groups in total. The van der Waals surface area contributed by atoms with Crippen LogP contribution in [0.5, 0.6) is 0 Å². The van der Waals surface area contributed by atoms with Gasteiger partial charge in [0.2, 0.25) is 0 Å². The molecule has 0 amide bonds. The number of nitrogens with one attached hydrogen (secondary N) is 1. The Morgan fingerprint density at radius 2 is 2.47 bits per heavy atom. The van der Waals surface area contributed by atoms with Crippen LogP contribution in [0.15, 0.2) is 23.6 Å². The first-order valence-electron chi connectivity index (χ1n) is 5.08. The van der Waals surface area contributed by atoms with Crippen molar-refractivity contribution in [1.29, 1.82) is 0 Å². The predicted molar refractivity (Wildman–Crippen MR) is 60.0 cm³/mol. The normalized spacial score (nSPS) is 26.5. The van der Waals surface area contributed by atoms with Crippen LogP contribution < -0.4 is 5.32 Å². The van der Waals surface area contributed by atoms with Gasteiger partial charge in [0.15, 0.2) is 0 Å². The fraction of sp³-hybridized carbons (Fsp3) is 0.600. The number of aromatic nitrogens is 2. The molecule has 1 aliphatic heterocycles. The Kier molecular flexibility index (Phi) is 3.94. The molecule has 82 valence electrons. The van der Waals surface area contributed by atoms with Gasteiger partial charge in [-0.05, 0) is 13.5 Å². The van der Waals surface area contributed by atoms with Crippen LogP contribution in [-0.4, -0.2) is 41.5 Å². The van der Waals surface area contributed by atoms with Crippen molar-refractivity contribution in [2.75, 3.05) is 20.3 Å². The van der Waals surface area contributed by atoms with Crippen molar-refractivity contribution in [1.82, 2.24) is 15.3 Å². The monoisotopic (exact) mass is 225 g/mol. The lowest BCUT2D eigenvalue weighted by atomic mass is 10.1. The van der Waals surface area contributed by atoms with Crippen LogP contribution in [0.4, 0.5) is 0 Å². The van der Waals surface area contributed by atoms with E-state index in [-0.39, 0.29) is 0 Å². The molecule has 15 heavy (non-hydrogen) atoms. The van der Waals surface area contributed by atoms with Gasteiger partial charge in [0.25, 0.3) is 0 Å². The summed E-state index contributed by atoms with van der Waals surface area (Å²) >= 11 is 1.74. The molecule has 0 spiro atoms. The maximum absolute atomic E-state index is 5.48. The lowest BCUT2D eigenvalue weighted by Crippen LogP contribution is -2.43. The van der Waals surface area contributed by atoms with E-state index in [0.29, 0.717) is 11.3 Å². The summed E-state index contributed by atoms with van der Waals surface area (Å²) in [6.45, 7) is 1.63. The van der Waals surface area contributed by atoms with Crippen LogP contribution >= 0.6 is 11.8 Å². The molecule has 2 unspecified atom stereocenters. The van der Waals surface area contributed by atoms with Gasteiger partial charge in [0, 0.05) is 30.3 Å². The minimum Gasteiger partial charge on any atom is -0.380 e. The minimum atomic E-state index is 0.431. The topological polar surface area (TPSA) is 47.0 Å². The standard InChI is InChI=1S/C10H15N3OS/c1-11-8-2-5-14-7-9(8)15-10-6-12-3-4-13-10/h3-4,6,8-9,11H,2,5,7H2,1H3. The molecule has 1 saturated heterocycles. The average molecular weight is 225 g/mol. The summed E-state index contributed by atoms with van der Waals surface area (Å²) in [7, 11) is 2.00. The van der Waals surface area contributed by atoms with Crippen LogP contribution in [0.25, 0.3) is 0 Å². The summed E-state index contributed by atoms with van der Waals surface area (Å²) < 4.78 is 5.48. The second-order valence-corrected chi connectivity index (χ2v) is 4.72. The second-order valence-electron chi connectivity index (χ2n) is 3.46. The van der Waals surface area contributed by atoms with Gasteiger partial charge in [-0.25, -0.2) is 4.98 Å². The highest BCUT2D eigenvalue weighted by Gasteiger charge is 2.25. The molecule has 0 aromatic carbocycles. The summed E-state index contributed by atoms with van der Waals surface area (Å²) in [6, 6.07) is 0.505. The van der Waals surface area contributed by atoms with E-state index in [1.165, 1.54) is 0 Å². The maximum Gasteiger partial charge on any atom is 0.115 e. The van der Waals surface area contributed by atoms with E-state index in [1.807, 2.05) is 7.05 Å². The smallest absolute Gasteiger partial charge is 0.115 e. The molecule has 1 aromatic heterocycles. The van der Waals surface area contributed by atoms with Crippen molar-refractivity contribution in [3.05, 3.63) is 18.6 Å². The summed E-state index contributed by atoms with van der Waals surface area (Å²) in [5.74, 6) is 0. The Labute approximate surface area is 93.8 Å². The van der Waals surface area contributed by atoms with Crippen molar-refractivity contribution < 1.29 is 4.74 Å². The SMILES string of the molecule is CNC1CCOCC1Sc1cnccn1. The van der Waals surface area contributed by atoms with Gasteiger partial charge in [-0.15, -0.1) is 0 Å². The van der Waals surface area contributed by atoms with Gasteiger partial charge in [-0.2, -0.15) is 0 Å². The van der Waals surface area contributed by atoms with Crippen molar-refractivity contribution in [2.45, 2.75) is 22.7 Å². The van der Waals surface area contributed by atoms with E-state index in [1.54, 1.807) is 30.4 Å². The fourth-order valence-electron chi connectivity index (χ4n) is 1.66. The molecule has 1 fully saturated rings. The fourth-order valence-corrected chi connectivity index (χ4v) is 2.81. The molecule has 1 aliphatic rings.